The molecule has 10 heteroatoms. The number of aromatic hydroxyl groups is 2. The second-order valence-corrected chi connectivity index (χ2v) is 9.89. The zero-order valence-corrected chi connectivity index (χ0v) is 21.1. The van der Waals surface area contributed by atoms with Gasteiger partial charge in [-0.3, -0.25) is 0 Å². The molecule has 0 aliphatic carbocycles. The Balaban J connectivity index is 1.40. The molecule has 6 rings (SSSR count). The first-order valence-electron chi connectivity index (χ1n) is 10.6. The van der Waals surface area contributed by atoms with Gasteiger partial charge in [-0.05, 0) is 59.7 Å². The molecule has 0 spiro atoms. The highest BCUT2D eigenvalue weighted by Crippen LogP contribution is 2.39. The molecule has 6 nitrogen and oxygen atoms in total. The number of nitrogens with one attached hydrogen (secondary N) is 2. The van der Waals surface area contributed by atoms with Crippen molar-refractivity contribution in [3.8, 4) is 45.4 Å². The number of rotatable bonds is 3. The van der Waals surface area contributed by atoms with Gasteiger partial charge >= 0.3 is 0 Å². The first-order valence-corrected chi connectivity index (χ1v) is 12.1. The number of imidazole rings is 2. The predicted octanol–water partition coefficient (Wildman–Crippen LogP) is 8.46. The summed E-state index contributed by atoms with van der Waals surface area (Å²) >= 11 is 24.4. The third-order valence-corrected chi connectivity index (χ3v) is 6.88. The van der Waals surface area contributed by atoms with Gasteiger partial charge in [-0.15, -0.1) is 0 Å². The summed E-state index contributed by atoms with van der Waals surface area (Å²) in [5.41, 5.74) is 5.73. The molecule has 0 fully saturated rings. The fourth-order valence-electron chi connectivity index (χ4n) is 4.13. The fraction of sp³-hybridized carbons (Fsp3) is 0. The molecule has 0 bridgehead atoms. The van der Waals surface area contributed by atoms with Crippen molar-refractivity contribution in [2.45, 2.75) is 0 Å². The SMILES string of the molecule is Oc1c(Cl)cc(Cl)cc1-c1nc2ccc(-c3ccc4nc(-c5cc(Cl)cc(Cl)c5O)[nH]c4c3)cc2[nH]1. The number of halogens is 4. The first kappa shape index (κ1) is 23.0. The highest BCUT2D eigenvalue weighted by atomic mass is 35.5. The lowest BCUT2D eigenvalue weighted by Crippen LogP contribution is -1.83. The average Bonchev–Trinajstić information content (AvgIpc) is 3.46. The van der Waals surface area contributed by atoms with Crippen molar-refractivity contribution in [1.29, 1.82) is 0 Å². The van der Waals surface area contributed by atoms with E-state index in [9.17, 15) is 10.2 Å². The van der Waals surface area contributed by atoms with E-state index in [1.807, 2.05) is 36.4 Å². The van der Waals surface area contributed by atoms with Crippen molar-refractivity contribution in [2.24, 2.45) is 0 Å². The predicted molar refractivity (Wildman–Crippen MR) is 145 cm³/mol. The average molecular weight is 556 g/mol. The molecule has 36 heavy (non-hydrogen) atoms. The molecular formula is C26H14Cl4N4O2. The van der Waals surface area contributed by atoms with Crippen LogP contribution in [-0.4, -0.2) is 30.1 Å². The summed E-state index contributed by atoms with van der Waals surface area (Å²) in [4.78, 5) is 15.6. The van der Waals surface area contributed by atoms with E-state index in [1.165, 1.54) is 12.1 Å². The van der Waals surface area contributed by atoms with Gasteiger partial charge in [0.1, 0.15) is 23.1 Å². The van der Waals surface area contributed by atoms with Crippen LogP contribution in [0.3, 0.4) is 0 Å². The van der Waals surface area contributed by atoms with Gasteiger partial charge < -0.3 is 20.2 Å². The van der Waals surface area contributed by atoms with Crippen LogP contribution >= 0.6 is 46.4 Å². The van der Waals surface area contributed by atoms with E-state index in [0.717, 1.165) is 33.2 Å². The van der Waals surface area contributed by atoms with E-state index in [0.29, 0.717) is 32.8 Å². The molecule has 0 radical (unpaired) electrons. The summed E-state index contributed by atoms with van der Waals surface area (Å²) in [7, 11) is 0. The van der Waals surface area contributed by atoms with Crippen molar-refractivity contribution in [3.05, 3.63) is 80.8 Å². The van der Waals surface area contributed by atoms with Gasteiger partial charge in [-0.2, -0.15) is 0 Å². The van der Waals surface area contributed by atoms with E-state index >= 15 is 0 Å². The molecule has 0 saturated carbocycles. The van der Waals surface area contributed by atoms with E-state index < -0.39 is 0 Å². The lowest BCUT2D eigenvalue weighted by atomic mass is 10.0. The van der Waals surface area contributed by atoms with Gasteiger partial charge in [0, 0.05) is 10.0 Å². The number of hydrogen-bond acceptors (Lipinski definition) is 4. The summed E-state index contributed by atoms with van der Waals surface area (Å²) in [5.74, 6) is 0.733. The molecular weight excluding hydrogens is 542 g/mol. The largest absolute Gasteiger partial charge is 0.506 e. The number of fused-ring (bicyclic) bond motifs is 2. The van der Waals surface area contributed by atoms with Gasteiger partial charge in [-0.1, -0.05) is 58.5 Å². The maximum Gasteiger partial charge on any atom is 0.145 e. The molecule has 4 N–H and O–H groups in total. The van der Waals surface area contributed by atoms with Gasteiger partial charge in [-0.25, -0.2) is 9.97 Å². The van der Waals surface area contributed by atoms with Crippen LogP contribution in [0.1, 0.15) is 0 Å². The highest BCUT2D eigenvalue weighted by molar-refractivity contribution is 6.36. The number of aromatic amines is 2. The Hall–Kier alpha value is -3.42. The van der Waals surface area contributed by atoms with E-state index in [2.05, 4.69) is 19.9 Å². The Labute approximate surface area is 224 Å². The minimum atomic E-state index is -0.0899. The number of H-pyrrole nitrogens is 2. The van der Waals surface area contributed by atoms with Crippen molar-refractivity contribution in [3.63, 3.8) is 0 Å². The number of benzene rings is 4. The minimum absolute atomic E-state index is 0.0899. The van der Waals surface area contributed by atoms with Gasteiger partial charge in [0.15, 0.2) is 0 Å². The molecule has 0 saturated heterocycles. The zero-order valence-electron chi connectivity index (χ0n) is 18.1. The molecule has 2 heterocycles. The summed E-state index contributed by atoms with van der Waals surface area (Å²) in [5, 5.41) is 21.9. The topological polar surface area (TPSA) is 97.8 Å². The third-order valence-electron chi connectivity index (χ3n) is 5.86. The lowest BCUT2D eigenvalue weighted by Gasteiger charge is -2.04. The molecule has 0 aliphatic rings. The monoisotopic (exact) mass is 554 g/mol. The quantitative estimate of drug-likeness (QED) is 0.176. The maximum atomic E-state index is 10.4. The van der Waals surface area contributed by atoms with Crippen molar-refractivity contribution < 1.29 is 10.2 Å². The van der Waals surface area contributed by atoms with Gasteiger partial charge in [0.2, 0.25) is 0 Å². The smallest absolute Gasteiger partial charge is 0.145 e. The van der Waals surface area contributed by atoms with Crippen LogP contribution in [-0.2, 0) is 0 Å². The van der Waals surface area contributed by atoms with Crippen molar-refractivity contribution in [1.82, 2.24) is 19.9 Å². The van der Waals surface area contributed by atoms with Crippen LogP contribution < -0.4 is 0 Å². The molecule has 0 aliphatic heterocycles. The fourth-order valence-corrected chi connectivity index (χ4v) is 5.11. The van der Waals surface area contributed by atoms with Crippen LogP contribution in [0, 0.1) is 0 Å². The molecule has 4 aromatic carbocycles. The summed E-state index contributed by atoms with van der Waals surface area (Å²) < 4.78 is 0. The third kappa shape index (κ3) is 3.92. The second-order valence-electron chi connectivity index (χ2n) is 8.20. The van der Waals surface area contributed by atoms with Crippen LogP contribution in [0.4, 0.5) is 0 Å². The van der Waals surface area contributed by atoms with Crippen LogP contribution in [0.15, 0.2) is 60.7 Å². The second kappa shape index (κ2) is 8.61. The Morgan fingerprint density at radius 3 is 1.39 bits per heavy atom. The number of nitrogens with zero attached hydrogens (tertiary/aromatic N) is 2. The summed E-state index contributed by atoms with van der Waals surface area (Å²) in [6.07, 6.45) is 0. The first-order chi connectivity index (χ1) is 17.3. The van der Waals surface area contributed by atoms with Gasteiger partial charge in [0.05, 0.1) is 43.2 Å². The molecule has 2 aromatic heterocycles. The minimum Gasteiger partial charge on any atom is -0.506 e. The maximum absolute atomic E-state index is 10.4. The molecule has 0 unspecified atom stereocenters. The Bertz CT molecular complexity index is 1690. The van der Waals surface area contributed by atoms with E-state index in [-0.39, 0.29) is 21.5 Å². The van der Waals surface area contributed by atoms with Crippen molar-refractivity contribution in [2.75, 3.05) is 0 Å². The molecule has 0 atom stereocenters. The Morgan fingerprint density at radius 1 is 0.556 bits per heavy atom. The van der Waals surface area contributed by atoms with Crippen LogP contribution in [0.5, 0.6) is 11.5 Å². The zero-order chi connectivity index (χ0) is 25.1. The number of phenolic OH excluding ortho intramolecular Hbond substituents is 2. The Kier molecular flexibility index (Phi) is 5.50. The Morgan fingerprint density at radius 2 is 0.972 bits per heavy atom. The molecule has 0 amide bonds. The number of aromatic nitrogens is 4. The molecule has 6 aromatic rings. The highest BCUT2D eigenvalue weighted by Gasteiger charge is 2.16. The lowest BCUT2D eigenvalue weighted by molar-refractivity contribution is 0.476. The number of hydrogen-bond donors (Lipinski definition) is 4. The van der Waals surface area contributed by atoms with E-state index in [1.54, 1.807) is 12.1 Å². The normalized spacial score (nSPS) is 11.6. The van der Waals surface area contributed by atoms with Crippen LogP contribution in [0.25, 0.3) is 56.0 Å². The van der Waals surface area contributed by atoms with E-state index in [4.69, 9.17) is 46.4 Å². The number of phenols is 2. The van der Waals surface area contributed by atoms with Crippen molar-refractivity contribution >= 4 is 68.5 Å². The standard InChI is InChI=1S/C26H14Cl4N4O2/c27-13-7-15(23(35)17(29)9-13)25-31-19-3-1-11(5-21(19)33-25)12-2-4-20-22(6-12)34-26(32-20)16-8-14(28)10-18(30)24(16)36/h1-10,35-36H,(H,31,33)(H,32,34). The summed E-state index contributed by atoms with van der Waals surface area (Å²) in [6, 6.07) is 17.8. The summed E-state index contributed by atoms with van der Waals surface area (Å²) in [6.45, 7) is 0. The molecule has 178 valence electrons. The van der Waals surface area contributed by atoms with Gasteiger partial charge in [0.25, 0.3) is 0 Å². The van der Waals surface area contributed by atoms with Crippen LogP contribution in [0.2, 0.25) is 20.1 Å².